The summed E-state index contributed by atoms with van der Waals surface area (Å²) >= 11 is 5.94. The number of aryl methyl sites for hydroxylation is 2. The Morgan fingerprint density at radius 2 is 1.80 bits per heavy atom. The highest BCUT2D eigenvalue weighted by Gasteiger charge is 2.21. The standard InChI is InChI=1S/C24H27ClN4O/c1-17-4-7-20(14-18(17)2)22-16-23(27-26-22)28-10-3-11-29(13-12-28)24(30)15-19-5-8-21(25)9-6-19/h4-9,14,16H,3,10-13,15H2,1-2H3,(H,26,27). The lowest BCUT2D eigenvalue weighted by Crippen LogP contribution is -2.36. The summed E-state index contributed by atoms with van der Waals surface area (Å²) in [6, 6.07) is 16.1. The molecular weight excluding hydrogens is 396 g/mol. The number of carbonyl (C=O) groups is 1. The minimum absolute atomic E-state index is 0.164. The molecule has 1 aromatic heterocycles. The summed E-state index contributed by atoms with van der Waals surface area (Å²) in [4.78, 5) is 17.0. The Hall–Kier alpha value is -2.79. The number of carbonyl (C=O) groups excluding carboxylic acids is 1. The van der Waals surface area contributed by atoms with Crippen molar-refractivity contribution in [2.45, 2.75) is 26.7 Å². The molecule has 4 rings (SSSR count). The van der Waals surface area contributed by atoms with Crippen LogP contribution in [-0.2, 0) is 11.2 Å². The maximum atomic E-state index is 12.7. The second-order valence-corrected chi connectivity index (χ2v) is 8.40. The molecule has 2 heterocycles. The Labute approximate surface area is 182 Å². The third-order valence-electron chi connectivity index (χ3n) is 5.82. The first kappa shape index (κ1) is 20.5. The Bertz CT molecular complexity index is 1030. The highest BCUT2D eigenvalue weighted by atomic mass is 35.5. The van der Waals surface area contributed by atoms with Gasteiger partial charge in [0.1, 0.15) is 0 Å². The third kappa shape index (κ3) is 4.68. The molecule has 0 aliphatic carbocycles. The minimum atomic E-state index is 0.164. The molecule has 5 nitrogen and oxygen atoms in total. The average Bonchev–Trinajstić information content (AvgIpc) is 3.09. The zero-order valence-electron chi connectivity index (χ0n) is 17.5. The first-order valence-electron chi connectivity index (χ1n) is 10.4. The Morgan fingerprint density at radius 1 is 1.00 bits per heavy atom. The van der Waals surface area contributed by atoms with E-state index in [1.807, 2.05) is 29.2 Å². The summed E-state index contributed by atoms with van der Waals surface area (Å²) in [6.45, 7) is 7.40. The van der Waals surface area contributed by atoms with Crippen LogP contribution in [0.3, 0.4) is 0 Å². The van der Waals surface area contributed by atoms with Gasteiger partial charge in [-0.25, -0.2) is 0 Å². The fourth-order valence-electron chi connectivity index (χ4n) is 3.81. The lowest BCUT2D eigenvalue weighted by molar-refractivity contribution is -0.130. The molecule has 3 aromatic rings. The smallest absolute Gasteiger partial charge is 0.227 e. The zero-order chi connectivity index (χ0) is 21.1. The molecule has 1 saturated heterocycles. The number of aromatic nitrogens is 2. The number of benzene rings is 2. The Balaban J connectivity index is 1.39. The van der Waals surface area contributed by atoms with Gasteiger partial charge in [0.25, 0.3) is 0 Å². The quantitative estimate of drug-likeness (QED) is 0.667. The summed E-state index contributed by atoms with van der Waals surface area (Å²) in [6.07, 6.45) is 1.34. The Kier molecular flexibility index (Phi) is 6.09. The van der Waals surface area contributed by atoms with Crippen molar-refractivity contribution in [3.63, 3.8) is 0 Å². The molecule has 6 heteroatoms. The molecule has 2 aromatic carbocycles. The number of nitrogens with zero attached hydrogens (tertiary/aromatic N) is 3. The second-order valence-electron chi connectivity index (χ2n) is 7.96. The van der Waals surface area contributed by atoms with E-state index in [1.165, 1.54) is 11.1 Å². The number of rotatable bonds is 4. The molecule has 1 aliphatic heterocycles. The van der Waals surface area contributed by atoms with Gasteiger partial charge in [-0.15, -0.1) is 0 Å². The molecular formula is C24H27ClN4O. The summed E-state index contributed by atoms with van der Waals surface area (Å²) in [7, 11) is 0. The van der Waals surface area contributed by atoms with E-state index in [0.29, 0.717) is 18.0 Å². The number of amides is 1. The van der Waals surface area contributed by atoms with Crippen LogP contribution in [-0.4, -0.2) is 47.2 Å². The number of anilines is 1. The number of hydrogen-bond acceptors (Lipinski definition) is 3. The molecule has 0 saturated carbocycles. The van der Waals surface area contributed by atoms with Crippen molar-refractivity contribution >= 4 is 23.3 Å². The molecule has 0 bridgehead atoms. The van der Waals surface area contributed by atoms with Gasteiger partial charge in [-0.2, -0.15) is 5.10 Å². The van der Waals surface area contributed by atoms with Crippen LogP contribution in [0.15, 0.2) is 48.5 Å². The lowest BCUT2D eigenvalue weighted by Gasteiger charge is -2.22. The predicted molar refractivity (Wildman–Crippen MR) is 122 cm³/mol. The van der Waals surface area contributed by atoms with Crippen molar-refractivity contribution in [2.75, 3.05) is 31.1 Å². The molecule has 0 spiro atoms. The maximum Gasteiger partial charge on any atom is 0.227 e. The minimum Gasteiger partial charge on any atom is -0.353 e. The zero-order valence-corrected chi connectivity index (χ0v) is 18.2. The van der Waals surface area contributed by atoms with Crippen LogP contribution in [0.5, 0.6) is 0 Å². The lowest BCUT2D eigenvalue weighted by atomic mass is 10.0. The van der Waals surface area contributed by atoms with Gasteiger partial charge in [-0.3, -0.25) is 9.89 Å². The summed E-state index contributed by atoms with van der Waals surface area (Å²) < 4.78 is 0. The van der Waals surface area contributed by atoms with Crippen molar-refractivity contribution in [1.82, 2.24) is 15.1 Å². The van der Waals surface area contributed by atoms with Gasteiger partial charge < -0.3 is 9.80 Å². The van der Waals surface area contributed by atoms with Crippen LogP contribution >= 0.6 is 11.6 Å². The van der Waals surface area contributed by atoms with Gasteiger partial charge in [0.15, 0.2) is 5.82 Å². The molecule has 1 fully saturated rings. The van der Waals surface area contributed by atoms with Crippen LogP contribution in [0, 0.1) is 13.8 Å². The van der Waals surface area contributed by atoms with Crippen molar-refractivity contribution < 1.29 is 4.79 Å². The average molecular weight is 423 g/mol. The molecule has 1 N–H and O–H groups in total. The van der Waals surface area contributed by atoms with Gasteiger partial charge in [-0.1, -0.05) is 35.9 Å². The van der Waals surface area contributed by atoms with Crippen LogP contribution < -0.4 is 4.90 Å². The van der Waals surface area contributed by atoms with E-state index in [1.54, 1.807) is 0 Å². The molecule has 0 radical (unpaired) electrons. The molecule has 30 heavy (non-hydrogen) atoms. The Morgan fingerprint density at radius 3 is 2.57 bits per heavy atom. The van der Waals surface area contributed by atoms with Crippen molar-refractivity contribution in [3.8, 4) is 11.3 Å². The molecule has 156 valence electrons. The molecule has 0 atom stereocenters. The van der Waals surface area contributed by atoms with Crippen LogP contribution in [0.1, 0.15) is 23.1 Å². The monoisotopic (exact) mass is 422 g/mol. The normalized spacial score (nSPS) is 14.6. The fourth-order valence-corrected chi connectivity index (χ4v) is 3.94. The number of hydrogen-bond donors (Lipinski definition) is 1. The fraction of sp³-hybridized carbons (Fsp3) is 0.333. The van der Waals surface area contributed by atoms with Gasteiger partial charge in [0, 0.05) is 37.3 Å². The first-order chi connectivity index (χ1) is 14.5. The van der Waals surface area contributed by atoms with E-state index in [-0.39, 0.29) is 5.91 Å². The van der Waals surface area contributed by atoms with Gasteiger partial charge in [0.05, 0.1) is 12.1 Å². The predicted octanol–water partition coefficient (Wildman–Crippen LogP) is 4.63. The van der Waals surface area contributed by atoms with Gasteiger partial charge >= 0.3 is 0 Å². The highest BCUT2D eigenvalue weighted by Crippen LogP contribution is 2.24. The molecule has 1 amide bonds. The summed E-state index contributed by atoms with van der Waals surface area (Å²) in [5.41, 5.74) is 5.72. The van der Waals surface area contributed by atoms with Crippen LogP contribution in [0.25, 0.3) is 11.3 Å². The SMILES string of the molecule is Cc1ccc(-c2cc(N3CCCN(C(=O)Cc4ccc(Cl)cc4)CC3)n[nH]2)cc1C. The van der Waals surface area contributed by atoms with Crippen LogP contribution in [0.2, 0.25) is 5.02 Å². The molecule has 1 aliphatic rings. The van der Waals surface area contributed by atoms with E-state index >= 15 is 0 Å². The van der Waals surface area contributed by atoms with E-state index in [4.69, 9.17) is 11.6 Å². The van der Waals surface area contributed by atoms with Gasteiger partial charge in [0.2, 0.25) is 5.91 Å². The van der Waals surface area contributed by atoms with E-state index in [2.05, 4.69) is 53.2 Å². The van der Waals surface area contributed by atoms with E-state index in [0.717, 1.165) is 48.7 Å². The van der Waals surface area contributed by atoms with Crippen molar-refractivity contribution in [3.05, 3.63) is 70.2 Å². The van der Waals surface area contributed by atoms with E-state index in [9.17, 15) is 4.79 Å². The van der Waals surface area contributed by atoms with E-state index < -0.39 is 0 Å². The topological polar surface area (TPSA) is 52.2 Å². The van der Waals surface area contributed by atoms with Crippen LogP contribution in [0.4, 0.5) is 5.82 Å². The third-order valence-corrected chi connectivity index (χ3v) is 6.08. The first-order valence-corrected chi connectivity index (χ1v) is 10.8. The molecule has 0 unspecified atom stereocenters. The number of nitrogens with one attached hydrogen (secondary N) is 1. The van der Waals surface area contributed by atoms with Gasteiger partial charge in [-0.05, 0) is 60.7 Å². The summed E-state index contributed by atoms with van der Waals surface area (Å²) in [5.74, 6) is 1.10. The number of aromatic amines is 1. The second kappa shape index (κ2) is 8.92. The highest BCUT2D eigenvalue weighted by molar-refractivity contribution is 6.30. The van der Waals surface area contributed by atoms with Crippen molar-refractivity contribution in [2.24, 2.45) is 0 Å². The number of H-pyrrole nitrogens is 1. The summed E-state index contributed by atoms with van der Waals surface area (Å²) in [5, 5.41) is 8.41. The maximum absolute atomic E-state index is 12.7. The largest absolute Gasteiger partial charge is 0.353 e. The van der Waals surface area contributed by atoms with Crippen molar-refractivity contribution in [1.29, 1.82) is 0 Å². The number of halogens is 1.